The second-order valence-corrected chi connectivity index (χ2v) is 11.2. The van der Waals surface area contributed by atoms with E-state index in [1.54, 1.807) is 4.90 Å². The number of ether oxygens (including phenoxy) is 1. The summed E-state index contributed by atoms with van der Waals surface area (Å²) in [7, 11) is 0. The van der Waals surface area contributed by atoms with Crippen molar-refractivity contribution >= 4 is 27.7 Å². The molecule has 38 heavy (non-hydrogen) atoms. The highest BCUT2D eigenvalue weighted by atomic mass is 79.9. The fraction of sp³-hybridized carbons (Fsp3) is 0.375. The second-order valence-electron chi connectivity index (χ2n) is 10.3. The molecular weight excluding hydrogens is 540 g/mol. The quantitative estimate of drug-likeness (QED) is 0.278. The van der Waals surface area contributed by atoms with Gasteiger partial charge in [-0.15, -0.1) is 0 Å². The zero-order chi connectivity index (χ0) is 26.9. The Morgan fingerprint density at radius 3 is 2.18 bits per heavy atom. The van der Waals surface area contributed by atoms with Gasteiger partial charge in [-0.2, -0.15) is 0 Å². The number of amides is 2. The number of nitrogens with zero attached hydrogens (tertiary/aromatic N) is 1. The minimum atomic E-state index is -0.652. The van der Waals surface area contributed by atoms with Crippen molar-refractivity contribution in [2.45, 2.75) is 70.5 Å². The van der Waals surface area contributed by atoms with Crippen molar-refractivity contribution in [3.63, 3.8) is 0 Å². The minimum Gasteiger partial charge on any atom is -0.483 e. The zero-order valence-corrected chi connectivity index (χ0v) is 23.8. The molecule has 0 bridgehead atoms. The number of hydrogen-bond acceptors (Lipinski definition) is 3. The lowest BCUT2D eigenvalue weighted by Crippen LogP contribution is -2.53. The van der Waals surface area contributed by atoms with Gasteiger partial charge in [0, 0.05) is 19.0 Å². The van der Waals surface area contributed by atoms with E-state index >= 15 is 0 Å². The number of halogens is 1. The number of benzene rings is 3. The molecule has 1 aliphatic carbocycles. The Hall–Kier alpha value is -3.12. The van der Waals surface area contributed by atoms with Crippen LogP contribution in [0, 0.1) is 0 Å². The SMILES string of the molecule is CC(C)c1ccc(OCC(=O)N(Cc2ccccc2)[C@@H](Cc2ccccc2)C(=O)NC2CCCC2)c(Br)c1. The van der Waals surface area contributed by atoms with Crippen LogP contribution >= 0.6 is 15.9 Å². The molecule has 0 aliphatic heterocycles. The lowest BCUT2D eigenvalue weighted by atomic mass is 10.0. The fourth-order valence-corrected chi connectivity index (χ4v) is 5.43. The van der Waals surface area contributed by atoms with Crippen LogP contribution in [-0.2, 0) is 22.6 Å². The molecule has 3 aromatic carbocycles. The van der Waals surface area contributed by atoms with Crippen molar-refractivity contribution in [3.05, 3.63) is 100 Å². The van der Waals surface area contributed by atoms with Crippen LogP contribution in [0.4, 0.5) is 0 Å². The molecule has 1 saturated carbocycles. The predicted molar refractivity (Wildman–Crippen MR) is 155 cm³/mol. The highest BCUT2D eigenvalue weighted by Gasteiger charge is 2.32. The molecule has 0 aromatic heterocycles. The summed E-state index contributed by atoms with van der Waals surface area (Å²) in [6.07, 6.45) is 4.66. The third kappa shape index (κ3) is 7.70. The van der Waals surface area contributed by atoms with Crippen LogP contribution < -0.4 is 10.1 Å². The van der Waals surface area contributed by atoms with Gasteiger partial charge in [-0.1, -0.05) is 93.4 Å². The molecule has 4 rings (SSSR count). The Bertz CT molecular complexity index is 1190. The van der Waals surface area contributed by atoms with Gasteiger partial charge in [0.25, 0.3) is 5.91 Å². The van der Waals surface area contributed by atoms with Gasteiger partial charge in [-0.25, -0.2) is 0 Å². The summed E-state index contributed by atoms with van der Waals surface area (Å²) in [4.78, 5) is 29.2. The van der Waals surface area contributed by atoms with E-state index in [1.165, 1.54) is 5.56 Å². The summed E-state index contributed by atoms with van der Waals surface area (Å²) in [5.41, 5.74) is 3.17. The van der Waals surface area contributed by atoms with Crippen LogP contribution in [0.15, 0.2) is 83.3 Å². The normalized spacial score (nSPS) is 14.3. The number of hydrogen-bond donors (Lipinski definition) is 1. The van der Waals surface area contributed by atoms with Crippen molar-refractivity contribution in [3.8, 4) is 5.75 Å². The van der Waals surface area contributed by atoms with Crippen LogP contribution in [0.1, 0.15) is 62.1 Å². The van der Waals surface area contributed by atoms with Gasteiger partial charge in [0.1, 0.15) is 11.8 Å². The number of carbonyl (C=O) groups is 2. The van der Waals surface area contributed by atoms with Gasteiger partial charge in [-0.05, 0) is 63.5 Å². The maximum atomic E-state index is 13.8. The van der Waals surface area contributed by atoms with Crippen molar-refractivity contribution in [1.29, 1.82) is 0 Å². The zero-order valence-electron chi connectivity index (χ0n) is 22.2. The smallest absolute Gasteiger partial charge is 0.261 e. The van der Waals surface area contributed by atoms with Crippen molar-refractivity contribution in [2.75, 3.05) is 6.61 Å². The van der Waals surface area contributed by atoms with E-state index in [-0.39, 0.29) is 24.5 Å². The average molecular weight is 578 g/mol. The maximum Gasteiger partial charge on any atom is 0.261 e. The lowest BCUT2D eigenvalue weighted by molar-refractivity contribution is -0.143. The largest absolute Gasteiger partial charge is 0.483 e. The molecule has 200 valence electrons. The molecule has 0 spiro atoms. The van der Waals surface area contributed by atoms with E-state index in [0.29, 0.717) is 24.6 Å². The van der Waals surface area contributed by atoms with Crippen LogP contribution in [0.25, 0.3) is 0 Å². The minimum absolute atomic E-state index is 0.104. The Morgan fingerprint density at radius 2 is 1.58 bits per heavy atom. The van der Waals surface area contributed by atoms with Crippen LogP contribution in [-0.4, -0.2) is 35.4 Å². The van der Waals surface area contributed by atoms with Crippen LogP contribution in [0.5, 0.6) is 5.75 Å². The van der Waals surface area contributed by atoms with Crippen molar-refractivity contribution in [1.82, 2.24) is 10.2 Å². The van der Waals surface area contributed by atoms with Gasteiger partial charge >= 0.3 is 0 Å². The average Bonchev–Trinajstić information content (AvgIpc) is 3.44. The summed E-state index contributed by atoms with van der Waals surface area (Å²) in [6.45, 7) is 4.44. The molecule has 6 heteroatoms. The first-order valence-corrected chi connectivity index (χ1v) is 14.3. The summed E-state index contributed by atoms with van der Waals surface area (Å²) in [5.74, 6) is 0.668. The van der Waals surface area contributed by atoms with Crippen molar-refractivity contribution < 1.29 is 14.3 Å². The van der Waals surface area contributed by atoms with E-state index < -0.39 is 6.04 Å². The van der Waals surface area contributed by atoms with Gasteiger partial charge < -0.3 is 15.0 Å². The molecule has 1 N–H and O–H groups in total. The second kappa shape index (κ2) is 13.6. The molecule has 0 unspecified atom stereocenters. The molecule has 2 amide bonds. The van der Waals surface area contributed by atoms with Crippen molar-refractivity contribution in [2.24, 2.45) is 0 Å². The molecule has 0 radical (unpaired) electrons. The van der Waals surface area contributed by atoms with Gasteiger partial charge in [0.15, 0.2) is 6.61 Å². The van der Waals surface area contributed by atoms with Gasteiger partial charge in [0.2, 0.25) is 5.91 Å². The first kappa shape index (κ1) is 27.9. The summed E-state index contributed by atoms with van der Waals surface area (Å²) >= 11 is 3.59. The number of nitrogens with one attached hydrogen (secondary N) is 1. The lowest BCUT2D eigenvalue weighted by Gasteiger charge is -2.32. The first-order chi connectivity index (χ1) is 18.4. The maximum absolute atomic E-state index is 13.8. The molecular formula is C32H37BrN2O3. The third-order valence-electron chi connectivity index (χ3n) is 7.14. The Balaban J connectivity index is 1.59. The molecule has 1 atom stereocenters. The van der Waals surface area contributed by atoms with E-state index in [2.05, 4.69) is 35.1 Å². The number of carbonyl (C=O) groups excluding carboxylic acids is 2. The van der Waals surface area contributed by atoms with E-state index in [0.717, 1.165) is 41.3 Å². The van der Waals surface area contributed by atoms with E-state index in [1.807, 2.05) is 78.9 Å². The first-order valence-electron chi connectivity index (χ1n) is 13.5. The molecule has 5 nitrogen and oxygen atoms in total. The monoisotopic (exact) mass is 576 g/mol. The van der Waals surface area contributed by atoms with Gasteiger partial charge in [-0.3, -0.25) is 9.59 Å². The Kier molecular flexibility index (Phi) is 9.99. The van der Waals surface area contributed by atoms with E-state index in [9.17, 15) is 9.59 Å². The fourth-order valence-electron chi connectivity index (χ4n) is 4.92. The highest BCUT2D eigenvalue weighted by molar-refractivity contribution is 9.10. The summed E-state index contributed by atoms with van der Waals surface area (Å²) < 4.78 is 6.81. The molecule has 3 aromatic rings. The standard InChI is InChI=1S/C32H37BrN2O3/c1-23(2)26-17-18-30(28(33)20-26)38-22-31(36)35(21-25-13-7-4-8-14-25)29(19-24-11-5-3-6-12-24)32(37)34-27-15-9-10-16-27/h3-8,11-14,17-18,20,23,27,29H,9-10,15-16,19,21-22H2,1-2H3,(H,34,37)/t29-/m0/s1. The molecule has 0 saturated heterocycles. The third-order valence-corrected chi connectivity index (χ3v) is 7.76. The topological polar surface area (TPSA) is 58.6 Å². The predicted octanol–water partition coefficient (Wildman–Crippen LogP) is 6.65. The van der Waals surface area contributed by atoms with Crippen LogP contribution in [0.3, 0.4) is 0 Å². The summed E-state index contributed by atoms with van der Waals surface area (Å²) in [6, 6.07) is 25.2. The Morgan fingerprint density at radius 1 is 0.947 bits per heavy atom. The summed E-state index contributed by atoms with van der Waals surface area (Å²) in [5, 5.41) is 3.24. The highest BCUT2D eigenvalue weighted by Crippen LogP contribution is 2.29. The molecule has 1 fully saturated rings. The number of rotatable bonds is 11. The Labute approximate surface area is 234 Å². The van der Waals surface area contributed by atoms with Gasteiger partial charge in [0.05, 0.1) is 4.47 Å². The van der Waals surface area contributed by atoms with Crippen LogP contribution in [0.2, 0.25) is 0 Å². The molecule has 1 aliphatic rings. The van der Waals surface area contributed by atoms with E-state index in [4.69, 9.17) is 4.74 Å². The molecule has 0 heterocycles.